The van der Waals surface area contributed by atoms with Crippen molar-refractivity contribution in [3.63, 3.8) is 0 Å². The molecule has 0 aliphatic carbocycles. The first-order valence-corrected chi connectivity index (χ1v) is 6.40. The molecule has 0 spiro atoms. The second-order valence-corrected chi connectivity index (χ2v) is 4.68. The van der Waals surface area contributed by atoms with E-state index in [0.29, 0.717) is 28.6 Å². The van der Waals surface area contributed by atoms with E-state index < -0.39 is 0 Å². The minimum absolute atomic E-state index is 0.131. The van der Waals surface area contributed by atoms with E-state index in [-0.39, 0.29) is 5.91 Å². The zero-order chi connectivity index (χ0) is 13.7. The number of hydrogen-bond donors (Lipinski definition) is 1. The molecular weight excluding hydrogens is 285 g/mol. The van der Waals surface area contributed by atoms with Gasteiger partial charge in [-0.1, -0.05) is 29.3 Å². The lowest BCUT2D eigenvalue weighted by molar-refractivity contribution is -0.116. The van der Waals surface area contributed by atoms with Crippen molar-refractivity contribution in [1.29, 1.82) is 0 Å². The van der Waals surface area contributed by atoms with Crippen LogP contribution in [0.4, 0.5) is 5.69 Å². The number of halogens is 2. The number of benzene rings is 1. The molecule has 4 nitrogen and oxygen atoms in total. The molecule has 1 aromatic carbocycles. The predicted octanol–water partition coefficient (Wildman–Crippen LogP) is 3.35. The third kappa shape index (κ3) is 3.91. The molecule has 98 valence electrons. The third-order valence-electron chi connectivity index (χ3n) is 2.48. The van der Waals surface area contributed by atoms with E-state index >= 15 is 0 Å². The van der Waals surface area contributed by atoms with Crippen LogP contribution in [0.25, 0.3) is 0 Å². The summed E-state index contributed by atoms with van der Waals surface area (Å²) in [6.45, 7) is 0. The summed E-state index contributed by atoms with van der Waals surface area (Å²) in [7, 11) is 0. The number of aromatic nitrogens is 2. The van der Waals surface area contributed by atoms with E-state index in [2.05, 4.69) is 15.3 Å². The normalized spacial score (nSPS) is 10.2. The van der Waals surface area contributed by atoms with Gasteiger partial charge >= 0.3 is 0 Å². The maximum atomic E-state index is 11.8. The van der Waals surface area contributed by atoms with Gasteiger partial charge in [-0.25, -0.2) is 9.97 Å². The summed E-state index contributed by atoms with van der Waals surface area (Å²) < 4.78 is 0. The molecule has 0 bridgehead atoms. The van der Waals surface area contributed by atoms with Gasteiger partial charge < -0.3 is 5.32 Å². The summed E-state index contributed by atoms with van der Waals surface area (Å²) in [5, 5.41) is 3.49. The standard InChI is InChI=1S/C13H11Cl2N3O/c14-10-2-1-3-11(13(10)15)18-12(19)5-4-9-6-16-8-17-7-9/h1-3,6-8H,4-5H2,(H,18,19). The minimum Gasteiger partial charge on any atom is -0.325 e. The van der Waals surface area contributed by atoms with Crippen molar-refractivity contribution < 1.29 is 4.79 Å². The van der Waals surface area contributed by atoms with Gasteiger partial charge in [-0.3, -0.25) is 4.79 Å². The maximum Gasteiger partial charge on any atom is 0.224 e. The summed E-state index contributed by atoms with van der Waals surface area (Å²) in [5.74, 6) is -0.131. The SMILES string of the molecule is O=C(CCc1cncnc1)Nc1cccc(Cl)c1Cl. The number of hydrogen-bond acceptors (Lipinski definition) is 3. The Balaban J connectivity index is 1.93. The molecule has 1 N–H and O–H groups in total. The zero-order valence-electron chi connectivity index (χ0n) is 9.94. The van der Waals surface area contributed by atoms with Gasteiger partial charge in [-0.2, -0.15) is 0 Å². The van der Waals surface area contributed by atoms with Gasteiger partial charge in [-0.15, -0.1) is 0 Å². The molecule has 0 atom stereocenters. The smallest absolute Gasteiger partial charge is 0.224 e. The average molecular weight is 296 g/mol. The lowest BCUT2D eigenvalue weighted by Crippen LogP contribution is -2.12. The highest BCUT2D eigenvalue weighted by molar-refractivity contribution is 6.43. The Bertz CT molecular complexity index is 575. The van der Waals surface area contributed by atoms with Crippen molar-refractivity contribution in [3.05, 3.63) is 52.5 Å². The molecule has 0 saturated carbocycles. The van der Waals surface area contributed by atoms with Crippen LogP contribution in [0.5, 0.6) is 0 Å². The van der Waals surface area contributed by atoms with E-state index in [1.807, 2.05) is 0 Å². The molecule has 0 aliphatic rings. The quantitative estimate of drug-likeness (QED) is 0.941. The Morgan fingerprint density at radius 2 is 1.95 bits per heavy atom. The fourth-order valence-corrected chi connectivity index (χ4v) is 1.88. The first-order valence-electron chi connectivity index (χ1n) is 5.64. The molecule has 1 aromatic heterocycles. The van der Waals surface area contributed by atoms with Crippen molar-refractivity contribution in [2.24, 2.45) is 0 Å². The fourth-order valence-electron chi connectivity index (χ4n) is 1.53. The second kappa shape index (κ2) is 6.50. The summed E-state index contributed by atoms with van der Waals surface area (Å²) in [4.78, 5) is 19.6. The Morgan fingerprint density at radius 1 is 1.21 bits per heavy atom. The molecule has 0 saturated heterocycles. The van der Waals surface area contributed by atoms with Crippen LogP contribution in [0.3, 0.4) is 0 Å². The summed E-state index contributed by atoms with van der Waals surface area (Å²) in [6, 6.07) is 5.10. The molecule has 0 aliphatic heterocycles. The van der Waals surface area contributed by atoms with Crippen LogP contribution in [0.2, 0.25) is 10.0 Å². The summed E-state index contributed by atoms with van der Waals surface area (Å²) >= 11 is 11.9. The Morgan fingerprint density at radius 3 is 2.68 bits per heavy atom. The van der Waals surface area contributed by atoms with Crippen LogP contribution in [-0.2, 0) is 11.2 Å². The number of nitrogens with one attached hydrogen (secondary N) is 1. The average Bonchev–Trinajstić information content (AvgIpc) is 2.43. The van der Waals surface area contributed by atoms with Crippen LogP contribution in [0, 0.1) is 0 Å². The highest BCUT2D eigenvalue weighted by Crippen LogP contribution is 2.29. The van der Waals surface area contributed by atoms with Crippen molar-refractivity contribution in [2.75, 3.05) is 5.32 Å². The highest BCUT2D eigenvalue weighted by atomic mass is 35.5. The van der Waals surface area contributed by atoms with Crippen LogP contribution >= 0.6 is 23.2 Å². The molecule has 0 fully saturated rings. The van der Waals surface area contributed by atoms with E-state index in [4.69, 9.17) is 23.2 Å². The van der Waals surface area contributed by atoms with E-state index in [0.717, 1.165) is 5.56 Å². The van der Waals surface area contributed by atoms with Gasteiger partial charge in [0.2, 0.25) is 5.91 Å². The van der Waals surface area contributed by atoms with E-state index in [1.165, 1.54) is 6.33 Å². The second-order valence-electron chi connectivity index (χ2n) is 3.90. The fraction of sp³-hybridized carbons (Fsp3) is 0.154. The molecule has 6 heteroatoms. The van der Waals surface area contributed by atoms with Gasteiger partial charge in [0.25, 0.3) is 0 Å². The number of nitrogens with zero attached hydrogens (tertiary/aromatic N) is 2. The van der Waals surface area contributed by atoms with Gasteiger partial charge in [-0.05, 0) is 24.1 Å². The number of aryl methyl sites for hydroxylation is 1. The predicted molar refractivity (Wildman–Crippen MR) is 75.4 cm³/mol. The lowest BCUT2D eigenvalue weighted by atomic mass is 10.2. The Kier molecular flexibility index (Phi) is 4.71. The minimum atomic E-state index is -0.131. The van der Waals surface area contributed by atoms with Crippen LogP contribution in [-0.4, -0.2) is 15.9 Å². The molecule has 0 radical (unpaired) electrons. The van der Waals surface area contributed by atoms with Gasteiger partial charge in [0.1, 0.15) is 6.33 Å². The zero-order valence-corrected chi connectivity index (χ0v) is 11.4. The first-order chi connectivity index (χ1) is 9.16. The monoisotopic (exact) mass is 295 g/mol. The van der Waals surface area contributed by atoms with Gasteiger partial charge in [0.15, 0.2) is 0 Å². The van der Waals surface area contributed by atoms with Crippen LogP contribution < -0.4 is 5.32 Å². The first kappa shape index (κ1) is 13.8. The Labute approximate surface area is 120 Å². The highest BCUT2D eigenvalue weighted by Gasteiger charge is 2.08. The maximum absolute atomic E-state index is 11.8. The molecule has 2 rings (SSSR count). The molecule has 1 amide bonds. The molecule has 19 heavy (non-hydrogen) atoms. The van der Waals surface area contributed by atoms with Crippen molar-refractivity contribution in [3.8, 4) is 0 Å². The largest absolute Gasteiger partial charge is 0.325 e. The lowest BCUT2D eigenvalue weighted by Gasteiger charge is -2.07. The van der Waals surface area contributed by atoms with Crippen molar-refractivity contribution in [1.82, 2.24) is 9.97 Å². The molecule has 2 aromatic rings. The topological polar surface area (TPSA) is 54.9 Å². The van der Waals surface area contributed by atoms with Crippen molar-refractivity contribution in [2.45, 2.75) is 12.8 Å². The Hall–Kier alpha value is -1.65. The molecule has 0 unspecified atom stereocenters. The number of carbonyl (C=O) groups excluding carboxylic acids is 1. The van der Waals surface area contributed by atoms with Crippen LogP contribution in [0.15, 0.2) is 36.9 Å². The number of rotatable bonds is 4. The van der Waals surface area contributed by atoms with Crippen molar-refractivity contribution >= 4 is 34.8 Å². The molecule has 1 heterocycles. The number of carbonyl (C=O) groups is 1. The third-order valence-corrected chi connectivity index (χ3v) is 3.30. The molecular formula is C13H11Cl2N3O. The summed E-state index contributed by atoms with van der Waals surface area (Å²) in [6.07, 6.45) is 5.73. The van der Waals surface area contributed by atoms with Gasteiger partial charge in [0.05, 0.1) is 15.7 Å². The van der Waals surface area contributed by atoms with E-state index in [9.17, 15) is 4.79 Å². The van der Waals surface area contributed by atoms with Gasteiger partial charge in [0, 0.05) is 18.8 Å². The van der Waals surface area contributed by atoms with Crippen LogP contribution in [0.1, 0.15) is 12.0 Å². The summed E-state index contributed by atoms with van der Waals surface area (Å²) in [5.41, 5.74) is 1.43. The number of amides is 1. The number of anilines is 1. The van der Waals surface area contributed by atoms with E-state index in [1.54, 1.807) is 30.6 Å².